The molecule has 1 aromatic heterocycles. The van der Waals surface area contributed by atoms with Gasteiger partial charge in [0.25, 0.3) is 0 Å². The molecule has 3 aromatic rings. The monoisotopic (exact) mass is 436 g/mol. The molecule has 3 N–H and O–H groups in total. The van der Waals surface area contributed by atoms with E-state index in [0.29, 0.717) is 43.9 Å². The first kappa shape index (κ1) is 20.4. The van der Waals surface area contributed by atoms with Crippen LogP contribution in [0, 0.1) is 5.92 Å². The van der Waals surface area contributed by atoms with Crippen molar-refractivity contribution < 1.29 is 24.5 Å². The molecule has 0 radical (unpaired) electrons. The van der Waals surface area contributed by atoms with Crippen LogP contribution in [0.3, 0.4) is 0 Å². The molecule has 1 amide bonds. The number of carbonyl (C=O) groups excluding carboxylic acids is 1. The standard InChI is InChI=1S/C24H24N2O6/c27-16-5-3-14(4-6-16)21-12-20(30)22-19(29)11-18(28)17(23(22)32-21)13-25-7-9-26(10-8-25)24(31)15-1-2-15/h3-6,11-12,15,27-29H,1-2,7-10,13H2. The smallest absolute Gasteiger partial charge is 0.225 e. The Morgan fingerprint density at radius 1 is 0.969 bits per heavy atom. The van der Waals surface area contributed by atoms with E-state index >= 15 is 0 Å². The Balaban J connectivity index is 1.47. The molecular weight excluding hydrogens is 412 g/mol. The lowest BCUT2D eigenvalue weighted by Gasteiger charge is -2.35. The Bertz CT molecular complexity index is 1240. The van der Waals surface area contributed by atoms with Crippen LogP contribution in [0.15, 0.2) is 45.6 Å². The highest BCUT2D eigenvalue weighted by molar-refractivity contribution is 5.89. The van der Waals surface area contributed by atoms with Crippen LogP contribution in [0.1, 0.15) is 18.4 Å². The Morgan fingerprint density at radius 2 is 1.66 bits per heavy atom. The van der Waals surface area contributed by atoms with Gasteiger partial charge in [-0.15, -0.1) is 0 Å². The van der Waals surface area contributed by atoms with Crippen molar-refractivity contribution in [2.24, 2.45) is 5.92 Å². The van der Waals surface area contributed by atoms with E-state index in [1.54, 1.807) is 12.1 Å². The Kier molecular flexibility index (Phi) is 5.01. The summed E-state index contributed by atoms with van der Waals surface area (Å²) in [5.41, 5.74) is 0.711. The number of rotatable bonds is 4. The maximum absolute atomic E-state index is 12.8. The van der Waals surface area contributed by atoms with Crippen LogP contribution in [-0.2, 0) is 11.3 Å². The van der Waals surface area contributed by atoms with Gasteiger partial charge in [0.1, 0.15) is 28.4 Å². The van der Waals surface area contributed by atoms with E-state index in [2.05, 4.69) is 4.90 Å². The summed E-state index contributed by atoms with van der Waals surface area (Å²) in [6.07, 6.45) is 1.96. The van der Waals surface area contributed by atoms with Gasteiger partial charge in [-0.25, -0.2) is 0 Å². The molecule has 1 saturated heterocycles. The highest BCUT2D eigenvalue weighted by Gasteiger charge is 2.34. The first-order valence-electron chi connectivity index (χ1n) is 10.7. The lowest BCUT2D eigenvalue weighted by Crippen LogP contribution is -2.48. The number of aromatic hydroxyl groups is 3. The molecule has 32 heavy (non-hydrogen) atoms. The molecule has 1 aliphatic carbocycles. The molecule has 1 aliphatic heterocycles. The van der Waals surface area contributed by atoms with Gasteiger partial charge in [-0.3, -0.25) is 14.5 Å². The fourth-order valence-corrected chi connectivity index (χ4v) is 4.21. The van der Waals surface area contributed by atoms with Crippen LogP contribution < -0.4 is 5.43 Å². The largest absolute Gasteiger partial charge is 0.508 e. The second-order valence-electron chi connectivity index (χ2n) is 8.49. The average Bonchev–Trinajstić information content (AvgIpc) is 3.62. The molecule has 166 valence electrons. The summed E-state index contributed by atoms with van der Waals surface area (Å²) in [6.45, 7) is 2.84. The van der Waals surface area contributed by atoms with Crippen molar-refractivity contribution in [3.63, 3.8) is 0 Å². The molecule has 0 atom stereocenters. The minimum atomic E-state index is -0.423. The van der Waals surface area contributed by atoms with Crippen molar-refractivity contribution in [2.45, 2.75) is 19.4 Å². The highest BCUT2D eigenvalue weighted by atomic mass is 16.3. The average molecular weight is 436 g/mol. The molecule has 2 aromatic carbocycles. The summed E-state index contributed by atoms with van der Waals surface area (Å²) in [4.78, 5) is 29.1. The van der Waals surface area contributed by atoms with Gasteiger partial charge in [0.2, 0.25) is 5.91 Å². The van der Waals surface area contributed by atoms with E-state index in [0.717, 1.165) is 12.8 Å². The maximum atomic E-state index is 12.8. The van der Waals surface area contributed by atoms with Crippen LogP contribution in [0.2, 0.25) is 0 Å². The van der Waals surface area contributed by atoms with Crippen LogP contribution in [-0.4, -0.2) is 57.2 Å². The van der Waals surface area contributed by atoms with E-state index in [4.69, 9.17) is 4.42 Å². The zero-order valence-corrected chi connectivity index (χ0v) is 17.5. The zero-order chi connectivity index (χ0) is 22.4. The lowest BCUT2D eigenvalue weighted by atomic mass is 10.1. The number of carbonyl (C=O) groups is 1. The lowest BCUT2D eigenvalue weighted by molar-refractivity contribution is -0.134. The molecule has 0 bridgehead atoms. The summed E-state index contributed by atoms with van der Waals surface area (Å²) >= 11 is 0. The van der Waals surface area contributed by atoms with Crippen LogP contribution in [0.25, 0.3) is 22.3 Å². The van der Waals surface area contributed by atoms with Gasteiger partial charge in [0.15, 0.2) is 11.0 Å². The number of piperazine rings is 1. The van der Waals surface area contributed by atoms with Gasteiger partial charge in [0, 0.05) is 56.3 Å². The van der Waals surface area contributed by atoms with E-state index in [1.807, 2.05) is 4.90 Å². The third-order valence-electron chi connectivity index (χ3n) is 6.20. The molecule has 8 nitrogen and oxygen atoms in total. The third kappa shape index (κ3) is 3.78. The van der Waals surface area contributed by atoms with Crippen molar-refractivity contribution in [3.05, 3.63) is 52.2 Å². The topological polar surface area (TPSA) is 114 Å². The summed E-state index contributed by atoms with van der Waals surface area (Å²) in [5, 5.41) is 30.4. The Morgan fingerprint density at radius 3 is 2.31 bits per heavy atom. The molecular formula is C24H24N2O6. The molecule has 0 spiro atoms. The fourth-order valence-electron chi connectivity index (χ4n) is 4.21. The Labute approximate surface area is 183 Å². The number of hydrogen-bond donors (Lipinski definition) is 3. The SMILES string of the molecule is O=C(C1CC1)N1CCN(Cc2c(O)cc(O)c3c(=O)cc(-c4ccc(O)cc4)oc23)CC1. The summed E-state index contributed by atoms with van der Waals surface area (Å²) in [6, 6.07) is 8.68. The van der Waals surface area contributed by atoms with Gasteiger partial charge in [-0.1, -0.05) is 0 Å². The summed E-state index contributed by atoms with van der Waals surface area (Å²) in [7, 11) is 0. The van der Waals surface area contributed by atoms with Crippen LogP contribution >= 0.6 is 0 Å². The van der Waals surface area contributed by atoms with Gasteiger partial charge in [0.05, 0.1) is 5.56 Å². The van der Waals surface area contributed by atoms with E-state index in [-0.39, 0.29) is 45.8 Å². The Hall–Kier alpha value is -3.52. The van der Waals surface area contributed by atoms with Gasteiger partial charge in [-0.05, 0) is 37.1 Å². The molecule has 5 rings (SSSR count). The van der Waals surface area contributed by atoms with Crippen LogP contribution in [0.4, 0.5) is 0 Å². The number of phenolic OH excluding ortho intramolecular Hbond substituents is 3. The number of fused-ring (bicyclic) bond motifs is 1. The number of phenols is 3. The highest BCUT2D eigenvalue weighted by Crippen LogP contribution is 2.36. The van der Waals surface area contributed by atoms with Crippen molar-refractivity contribution in [1.82, 2.24) is 9.80 Å². The quantitative estimate of drug-likeness (QED) is 0.576. The molecule has 1 saturated carbocycles. The predicted octanol–water partition coefficient (Wildman–Crippen LogP) is 2.63. The van der Waals surface area contributed by atoms with Crippen molar-refractivity contribution >= 4 is 16.9 Å². The van der Waals surface area contributed by atoms with Crippen LogP contribution in [0.5, 0.6) is 17.2 Å². The number of nitrogens with zero attached hydrogens (tertiary/aromatic N) is 2. The van der Waals surface area contributed by atoms with Crippen molar-refractivity contribution in [3.8, 4) is 28.6 Å². The molecule has 8 heteroatoms. The molecule has 0 unspecified atom stereocenters. The second kappa shape index (κ2) is 7.87. The third-order valence-corrected chi connectivity index (χ3v) is 6.20. The van der Waals surface area contributed by atoms with Crippen molar-refractivity contribution in [1.29, 1.82) is 0 Å². The van der Waals surface area contributed by atoms with Crippen molar-refractivity contribution in [2.75, 3.05) is 26.2 Å². The first-order valence-corrected chi connectivity index (χ1v) is 10.7. The summed E-state index contributed by atoms with van der Waals surface area (Å²) < 4.78 is 6.01. The van der Waals surface area contributed by atoms with Gasteiger partial charge in [-0.2, -0.15) is 0 Å². The first-order chi connectivity index (χ1) is 15.4. The fraction of sp³-hybridized carbons (Fsp3) is 0.333. The van der Waals surface area contributed by atoms with Gasteiger partial charge < -0.3 is 24.6 Å². The summed E-state index contributed by atoms with van der Waals surface area (Å²) in [5.74, 6) is 0.289. The molecule has 2 aliphatic rings. The number of hydrogen-bond acceptors (Lipinski definition) is 7. The number of amides is 1. The zero-order valence-electron chi connectivity index (χ0n) is 17.5. The minimum absolute atomic E-state index is 0.0166. The maximum Gasteiger partial charge on any atom is 0.225 e. The van der Waals surface area contributed by atoms with E-state index in [1.165, 1.54) is 24.3 Å². The molecule has 2 fully saturated rings. The number of benzene rings is 2. The minimum Gasteiger partial charge on any atom is -0.508 e. The normalized spacial score (nSPS) is 17.1. The van der Waals surface area contributed by atoms with E-state index in [9.17, 15) is 24.9 Å². The van der Waals surface area contributed by atoms with E-state index < -0.39 is 5.43 Å². The predicted molar refractivity (Wildman–Crippen MR) is 117 cm³/mol. The molecule has 2 heterocycles. The van der Waals surface area contributed by atoms with Gasteiger partial charge >= 0.3 is 0 Å². The second-order valence-corrected chi connectivity index (χ2v) is 8.49.